The smallest absolute Gasteiger partial charge is 0.0622 e. The summed E-state index contributed by atoms with van der Waals surface area (Å²) in [6.45, 7) is 3.82. The van der Waals surface area contributed by atoms with Gasteiger partial charge >= 0.3 is 0 Å². The molecule has 0 amide bonds. The van der Waals surface area contributed by atoms with Gasteiger partial charge in [-0.2, -0.15) is 0 Å². The first-order valence-corrected chi connectivity index (χ1v) is 4.26. The zero-order valence-corrected chi connectivity index (χ0v) is 6.92. The summed E-state index contributed by atoms with van der Waals surface area (Å²) >= 11 is 0. The molecule has 0 aliphatic rings. The van der Waals surface area contributed by atoms with E-state index in [4.69, 9.17) is 0 Å². The van der Waals surface area contributed by atoms with Crippen molar-refractivity contribution in [3.63, 3.8) is 0 Å². The highest BCUT2D eigenvalue weighted by molar-refractivity contribution is 5.75. The zero-order valence-electron chi connectivity index (χ0n) is 6.92. The molecule has 12 heavy (non-hydrogen) atoms. The van der Waals surface area contributed by atoms with Crippen LogP contribution in [0.4, 0.5) is 0 Å². The van der Waals surface area contributed by atoms with Gasteiger partial charge in [-0.25, -0.2) is 0 Å². The SMILES string of the molecule is [AlH3].[CH2]CCCCc1ccccc1. The molecule has 0 bridgehead atoms. The molecule has 1 radical (unpaired) electrons. The molecular weight excluding hydrogens is 159 g/mol. The molecule has 1 heteroatoms. The summed E-state index contributed by atoms with van der Waals surface area (Å²) in [6.07, 6.45) is 4.78. The number of aryl methyl sites for hydroxylation is 1. The number of rotatable bonds is 4. The summed E-state index contributed by atoms with van der Waals surface area (Å²) in [4.78, 5) is 0. The molecule has 0 heterocycles. The fourth-order valence-electron chi connectivity index (χ4n) is 1.15. The van der Waals surface area contributed by atoms with Gasteiger partial charge in [0.05, 0.1) is 0 Å². The molecule has 0 saturated heterocycles. The molecule has 0 fully saturated rings. The highest BCUT2D eigenvalue weighted by atomic mass is 27.0. The number of unbranched alkanes of at least 4 members (excludes halogenated alkanes) is 2. The highest BCUT2D eigenvalue weighted by Gasteiger charge is 1.89. The van der Waals surface area contributed by atoms with E-state index >= 15 is 0 Å². The first kappa shape index (κ1) is 11.8. The van der Waals surface area contributed by atoms with Crippen molar-refractivity contribution in [3.05, 3.63) is 42.8 Å². The van der Waals surface area contributed by atoms with Gasteiger partial charge in [-0.3, -0.25) is 0 Å². The Balaban J connectivity index is 0.00000121. The van der Waals surface area contributed by atoms with E-state index in [1.54, 1.807) is 0 Å². The van der Waals surface area contributed by atoms with E-state index in [-0.39, 0.29) is 17.4 Å². The molecule has 65 valence electrons. The number of hydrogen-bond acceptors (Lipinski definition) is 0. The first-order valence-electron chi connectivity index (χ1n) is 4.26. The van der Waals surface area contributed by atoms with Crippen molar-refractivity contribution in [2.45, 2.75) is 25.7 Å². The third kappa shape index (κ3) is 4.59. The Morgan fingerprint density at radius 2 is 1.67 bits per heavy atom. The van der Waals surface area contributed by atoms with Crippen LogP contribution < -0.4 is 0 Å². The predicted molar refractivity (Wildman–Crippen MR) is 59.3 cm³/mol. The molecule has 1 aromatic rings. The zero-order chi connectivity index (χ0) is 7.94. The van der Waals surface area contributed by atoms with Gasteiger partial charge in [-0.15, -0.1) is 0 Å². The highest BCUT2D eigenvalue weighted by Crippen LogP contribution is 2.05. The Morgan fingerprint density at radius 3 is 2.25 bits per heavy atom. The molecule has 1 rings (SSSR count). The molecule has 1 aromatic carbocycles. The summed E-state index contributed by atoms with van der Waals surface area (Å²) in [5, 5.41) is 0. The standard InChI is InChI=1S/C11H15.Al.3H/c1-2-3-5-8-11-9-6-4-7-10-11;;;;/h4,6-7,9-10H,1-3,5,8H2;;;;. The summed E-state index contributed by atoms with van der Waals surface area (Å²) in [5.74, 6) is 0. The van der Waals surface area contributed by atoms with E-state index in [2.05, 4.69) is 37.3 Å². The van der Waals surface area contributed by atoms with Gasteiger partial charge in [0.1, 0.15) is 0 Å². The number of benzene rings is 1. The second-order valence-corrected chi connectivity index (χ2v) is 2.80. The second kappa shape index (κ2) is 7.40. The molecule has 0 N–H and O–H groups in total. The van der Waals surface area contributed by atoms with E-state index in [1.165, 1.54) is 24.8 Å². The maximum Gasteiger partial charge on any atom is 0.187 e. The van der Waals surface area contributed by atoms with Gasteiger partial charge in [-0.1, -0.05) is 50.1 Å². The van der Waals surface area contributed by atoms with Gasteiger partial charge in [0.15, 0.2) is 17.4 Å². The minimum absolute atomic E-state index is 0. The van der Waals surface area contributed by atoms with E-state index in [0.29, 0.717) is 0 Å². The molecule has 0 atom stereocenters. The molecular formula is C11H18Al. The third-order valence-corrected chi connectivity index (χ3v) is 1.81. The summed E-state index contributed by atoms with van der Waals surface area (Å²) in [7, 11) is 0. The lowest BCUT2D eigenvalue weighted by atomic mass is 10.1. The maximum atomic E-state index is 3.82. The Hall–Kier alpha value is -0.248. The van der Waals surface area contributed by atoms with Crippen LogP contribution in [0.15, 0.2) is 30.3 Å². The monoisotopic (exact) mass is 177 g/mol. The van der Waals surface area contributed by atoms with Crippen LogP contribution in [0.5, 0.6) is 0 Å². The lowest BCUT2D eigenvalue weighted by Crippen LogP contribution is -1.83. The largest absolute Gasteiger partial charge is 0.187 e. The van der Waals surface area contributed by atoms with Crippen LogP contribution in [0, 0.1) is 6.92 Å². The molecule has 0 aliphatic carbocycles. The van der Waals surface area contributed by atoms with E-state index in [9.17, 15) is 0 Å². The predicted octanol–water partition coefficient (Wildman–Crippen LogP) is 2.05. The normalized spacial score (nSPS) is 9.08. The van der Waals surface area contributed by atoms with Gasteiger partial charge in [0, 0.05) is 0 Å². The Labute approximate surface area is 86.1 Å². The summed E-state index contributed by atoms with van der Waals surface area (Å²) in [5.41, 5.74) is 1.45. The molecule has 0 saturated carbocycles. The van der Waals surface area contributed by atoms with E-state index in [1.807, 2.05) is 0 Å². The fraction of sp³-hybridized carbons (Fsp3) is 0.364. The van der Waals surface area contributed by atoms with Gasteiger partial charge < -0.3 is 0 Å². The summed E-state index contributed by atoms with van der Waals surface area (Å²) in [6, 6.07) is 10.6. The van der Waals surface area contributed by atoms with Crippen LogP contribution in [-0.4, -0.2) is 17.4 Å². The molecule has 0 aliphatic heterocycles. The maximum absolute atomic E-state index is 3.82. The van der Waals surface area contributed by atoms with E-state index in [0.717, 1.165) is 6.42 Å². The van der Waals surface area contributed by atoms with Crippen molar-refractivity contribution < 1.29 is 0 Å². The minimum atomic E-state index is 0. The average Bonchev–Trinajstić information content (AvgIpc) is 2.07. The van der Waals surface area contributed by atoms with Crippen molar-refractivity contribution in [3.8, 4) is 0 Å². The first-order chi connectivity index (χ1) is 5.43. The Morgan fingerprint density at radius 1 is 1.00 bits per heavy atom. The van der Waals surface area contributed by atoms with Crippen molar-refractivity contribution in [2.75, 3.05) is 0 Å². The molecule has 0 nitrogen and oxygen atoms in total. The van der Waals surface area contributed by atoms with Crippen molar-refractivity contribution >= 4 is 17.4 Å². The van der Waals surface area contributed by atoms with Crippen LogP contribution in [0.25, 0.3) is 0 Å². The van der Waals surface area contributed by atoms with Crippen LogP contribution >= 0.6 is 0 Å². The van der Waals surface area contributed by atoms with Crippen molar-refractivity contribution in [2.24, 2.45) is 0 Å². The Bertz CT molecular complexity index is 181. The Kier molecular flexibility index (Phi) is 7.25. The minimum Gasteiger partial charge on any atom is -0.0622 e. The van der Waals surface area contributed by atoms with Gasteiger partial charge in [0.25, 0.3) is 0 Å². The van der Waals surface area contributed by atoms with Gasteiger partial charge in [-0.05, 0) is 18.4 Å². The van der Waals surface area contributed by atoms with Crippen molar-refractivity contribution in [1.82, 2.24) is 0 Å². The van der Waals surface area contributed by atoms with Crippen LogP contribution in [-0.2, 0) is 6.42 Å². The summed E-state index contributed by atoms with van der Waals surface area (Å²) < 4.78 is 0. The molecule has 0 spiro atoms. The topological polar surface area (TPSA) is 0 Å². The fourth-order valence-corrected chi connectivity index (χ4v) is 1.15. The molecule has 0 aromatic heterocycles. The van der Waals surface area contributed by atoms with Gasteiger partial charge in [0.2, 0.25) is 0 Å². The molecule has 0 unspecified atom stereocenters. The lowest BCUT2D eigenvalue weighted by Gasteiger charge is -1.98. The van der Waals surface area contributed by atoms with Crippen LogP contribution in [0.2, 0.25) is 0 Å². The van der Waals surface area contributed by atoms with Crippen LogP contribution in [0.3, 0.4) is 0 Å². The average molecular weight is 177 g/mol. The number of hydrogen-bond donors (Lipinski definition) is 0. The third-order valence-electron chi connectivity index (χ3n) is 1.81. The lowest BCUT2D eigenvalue weighted by molar-refractivity contribution is 0.746. The van der Waals surface area contributed by atoms with Crippen molar-refractivity contribution in [1.29, 1.82) is 0 Å². The van der Waals surface area contributed by atoms with Crippen LogP contribution in [0.1, 0.15) is 24.8 Å². The van der Waals surface area contributed by atoms with E-state index < -0.39 is 0 Å². The second-order valence-electron chi connectivity index (χ2n) is 2.80. The quantitative estimate of drug-likeness (QED) is 0.488.